The SMILES string of the molecule is Cc1cn[c-]s1.Cc1cs[c-]n1.Cc1n[c-]cs1.Cc1nc[c-]s1.[V].[V].[V].[V]. The third-order valence-corrected chi connectivity index (χ3v) is 4.58. The van der Waals surface area contributed by atoms with E-state index in [9.17, 15) is 0 Å². The summed E-state index contributed by atoms with van der Waals surface area (Å²) in [4.78, 5) is 16.4. The van der Waals surface area contributed by atoms with Gasteiger partial charge in [-0.05, 0) is 11.0 Å². The first-order chi connectivity index (χ1) is 11.6. The van der Waals surface area contributed by atoms with Crippen molar-refractivity contribution in [1.29, 1.82) is 0 Å². The molecular formula is C16H16N4S4V4-4. The molecule has 0 unspecified atom stereocenters. The molecule has 4 aromatic rings. The van der Waals surface area contributed by atoms with Crippen molar-refractivity contribution in [3.05, 3.63) is 66.3 Å². The molecule has 0 spiro atoms. The second kappa shape index (κ2) is 24.1. The number of thiazole rings is 4. The largest absolute Gasteiger partial charge is 0.446 e. The Bertz CT molecular complexity index is 590. The normalized spacial score (nSPS) is 7.57. The second-order valence-corrected chi connectivity index (χ2v) is 7.91. The van der Waals surface area contributed by atoms with Gasteiger partial charge in [0, 0.05) is 74.2 Å². The molecule has 0 bridgehead atoms. The van der Waals surface area contributed by atoms with Gasteiger partial charge in [-0.15, -0.1) is 28.3 Å². The molecule has 0 aliphatic carbocycles. The minimum atomic E-state index is 0. The first-order valence-corrected chi connectivity index (χ1v) is 10.1. The van der Waals surface area contributed by atoms with Crippen LogP contribution in [0.4, 0.5) is 0 Å². The van der Waals surface area contributed by atoms with Crippen molar-refractivity contribution >= 4 is 45.3 Å². The Morgan fingerprint density at radius 2 is 1.57 bits per heavy atom. The summed E-state index contributed by atoms with van der Waals surface area (Å²) in [6.07, 6.45) is 6.17. The van der Waals surface area contributed by atoms with Crippen LogP contribution in [0.2, 0.25) is 0 Å². The summed E-state index contributed by atoms with van der Waals surface area (Å²) in [6.45, 7) is 7.88. The van der Waals surface area contributed by atoms with Gasteiger partial charge in [-0.25, -0.2) is 11.3 Å². The fourth-order valence-corrected chi connectivity index (χ4v) is 2.58. The summed E-state index contributed by atoms with van der Waals surface area (Å²) < 4.78 is 0. The Kier molecular flexibility index (Phi) is 31.2. The molecule has 4 heterocycles. The first kappa shape index (κ1) is 36.2. The van der Waals surface area contributed by atoms with E-state index in [-0.39, 0.29) is 74.2 Å². The van der Waals surface area contributed by atoms with Gasteiger partial charge < -0.3 is 31.3 Å². The van der Waals surface area contributed by atoms with Crippen molar-refractivity contribution in [1.82, 2.24) is 19.9 Å². The van der Waals surface area contributed by atoms with Crippen LogP contribution < -0.4 is 0 Å². The minimum Gasteiger partial charge on any atom is -0.446 e. The Hall–Kier alpha value is 0.858. The van der Waals surface area contributed by atoms with Gasteiger partial charge in [0.2, 0.25) is 0 Å². The third kappa shape index (κ3) is 21.6. The molecule has 4 radical (unpaired) electrons. The zero-order valence-corrected chi connectivity index (χ0v) is 24.4. The smallest absolute Gasteiger partial charge is 0 e. The van der Waals surface area contributed by atoms with Gasteiger partial charge in [-0.3, -0.25) is 22.7 Å². The molecular weight excluding hydrogens is 580 g/mol. The summed E-state index contributed by atoms with van der Waals surface area (Å²) in [7, 11) is 0. The van der Waals surface area contributed by atoms with Crippen LogP contribution in [0, 0.1) is 50.3 Å². The van der Waals surface area contributed by atoms with Gasteiger partial charge >= 0.3 is 0 Å². The van der Waals surface area contributed by atoms with Crippen molar-refractivity contribution in [2.75, 3.05) is 0 Å². The van der Waals surface area contributed by atoms with Crippen LogP contribution >= 0.6 is 45.3 Å². The summed E-state index contributed by atoms with van der Waals surface area (Å²) in [5, 5.41) is 8.82. The van der Waals surface area contributed by atoms with Crippen LogP contribution in [0.1, 0.15) is 20.6 Å². The molecule has 0 atom stereocenters. The molecule has 4 nitrogen and oxygen atoms in total. The van der Waals surface area contributed by atoms with E-state index in [2.05, 4.69) is 42.5 Å². The summed E-state index contributed by atoms with van der Waals surface area (Å²) in [5.41, 5.74) is 6.50. The van der Waals surface area contributed by atoms with Gasteiger partial charge in [0.1, 0.15) is 0 Å². The van der Waals surface area contributed by atoms with Crippen LogP contribution in [-0.2, 0) is 74.2 Å². The third-order valence-electron chi connectivity index (χ3n) is 2.02. The van der Waals surface area contributed by atoms with E-state index in [1.54, 1.807) is 46.4 Å². The maximum Gasteiger partial charge on any atom is 0 e. The van der Waals surface area contributed by atoms with Gasteiger partial charge in [-0.1, -0.05) is 49.3 Å². The number of aryl methyl sites for hydroxylation is 4. The average molecular weight is 596 g/mol. The minimum absolute atomic E-state index is 0. The van der Waals surface area contributed by atoms with Crippen molar-refractivity contribution in [2.45, 2.75) is 27.7 Å². The Labute approximate surface area is 231 Å². The van der Waals surface area contributed by atoms with E-state index in [0.29, 0.717) is 0 Å². The molecule has 0 fully saturated rings. The molecule has 0 aliphatic heterocycles. The van der Waals surface area contributed by atoms with Gasteiger partial charge in [0.05, 0.1) is 0 Å². The van der Waals surface area contributed by atoms with Gasteiger partial charge in [0.15, 0.2) is 0 Å². The molecule has 0 amide bonds. The van der Waals surface area contributed by atoms with Crippen LogP contribution in [0.5, 0.6) is 0 Å². The van der Waals surface area contributed by atoms with Crippen molar-refractivity contribution < 1.29 is 74.2 Å². The summed E-state index contributed by atoms with van der Waals surface area (Å²) >= 11 is 6.20. The first-order valence-electron chi connectivity index (χ1n) is 6.71. The molecule has 148 valence electrons. The maximum atomic E-state index is 3.88. The van der Waals surface area contributed by atoms with Crippen LogP contribution in [0.25, 0.3) is 0 Å². The number of aromatic nitrogens is 4. The zero-order valence-electron chi connectivity index (χ0n) is 15.5. The molecule has 0 aliphatic rings. The second-order valence-electron chi connectivity index (χ2n) is 4.14. The molecule has 0 N–H and O–H groups in total. The van der Waals surface area contributed by atoms with Crippen LogP contribution in [0.3, 0.4) is 0 Å². The molecule has 4 rings (SSSR count). The average Bonchev–Trinajstić information content (AvgIpc) is 3.31. The fraction of sp³-hybridized carbons (Fsp3) is 0.250. The molecule has 4 aromatic heterocycles. The Balaban J connectivity index is -0.000000131. The van der Waals surface area contributed by atoms with Crippen LogP contribution in [-0.4, -0.2) is 19.9 Å². The molecule has 0 saturated heterocycles. The summed E-state index contributed by atoms with van der Waals surface area (Å²) in [6, 6.07) is 0. The number of rotatable bonds is 0. The zero-order chi connectivity index (χ0) is 17.6. The predicted octanol–water partition coefficient (Wildman–Crippen LogP) is 5.00. The summed E-state index contributed by atoms with van der Waals surface area (Å²) in [5.74, 6) is 0. The van der Waals surface area contributed by atoms with E-state index in [4.69, 9.17) is 0 Å². The van der Waals surface area contributed by atoms with Gasteiger partial charge in [-0.2, -0.15) is 5.38 Å². The maximum absolute atomic E-state index is 3.88. The quantitative estimate of drug-likeness (QED) is 0.269. The molecule has 12 heteroatoms. The van der Waals surface area contributed by atoms with E-state index < -0.39 is 0 Å². The Morgan fingerprint density at radius 1 is 0.857 bits per heavy atom. The predicted molar refractivity (Wildman–Crippen MR) is 103 cm³/mol. The van der Waals surface area contributed by atoms with E-state index >= 15 is 0 Å². The molecule has 28 heavy (non-hydrogen) atoms. The van der Waals surface area contributed by atoms with Crippen molar-refractivity contribution in [3.63, 3.8) is 0 Å². The van der Waals surface area contributed by atoms with Crippen LogP contribution in [0.15, 0.2) is 23.2 Å². The van der Waals surface area contributed by atoms with Crippen molar-refractivity contribution in [3.8, 4) is 0 Å². The number of hydrogen-bond donors (Lipinski definition) is 0. The van der Waals surface area contributed by atoms with Crippen molar-refractivity contribution in [2.24, 2.45) is 0 Å². The standard InChI is InChI=1S/4C4H4NS.4V/c1-4-2-6-3-5-4;1-4-2-5-3-6-4;2*1-4-5-2-3-6-4;;;;/h2*2H,1H3;3H,1H3;2H,1H3;;;;/q4*-1;;;;. The van der Waals surface area contributed by atoms with E-state index in [0.717, 1.165) is 15.7 Å². The Morgan fingerprint density at radius 3 is 1.71 bits per heavy atom. The molecule has 0 aromatic carbocycles. The fourth-order valence-electron chi connectivity index (χ4n) is 0.989. The van der Waals surface area contributed by atoms with E-state index in [1.165, 1.54) is 16.2 Å². The van der Waals surface area contributed by atoms with E-state index in [1.807, 2.05) is 38.5 Å². The van der Waals surface area contributed by atoms with Gasteiger partial charge in [0.25, 0.3) is 0 Å². The molecule has 0 saturated carbocycles. The number of hydrogen-bond acceptors (Lipinski definition) is 8. The topological polar surface area (TPSA) is 51.6 Å². The monoisotopic (exact) mass is 596 g/mol. The number of nitrogens with zero attached hydrogens (tertiary/aromatic N) is 4.